The largest absolute Gasteiger partial charge is 0.444 e. The third kappa shape index (κ3) is 1.94. The first-order valence-corrected chi connectivity index (χ1v) is 4.88. The first kappa shape index (κ1) is 9.97. The van der Waals surface area contributed by atoms with Crippen molar-refractivity contribution in [2.45, 2.75) is 12.5 Å². The van der Waals surface area contributed by atoms with Gasteiger partial charge in [-0.15, -0.1) is 0 Å². The van der Waals surface area contributed by atoms with E-state index in [-0.39, 0.29) is 12.2 Å². The highest BCUT2D eigenvalue weighted by atomic mass is 16.6. The highest BCUT2D eigenvalue weighted by molar-refractivity contribution is 5.88. The van der Waals surface area contributed by atoms with Crippen molar-refractivity contribution >= 4 is 11.9 Å². The minimum absolute atomic E-state index is 0.107. The third-order valence-corrected chi connectivity index (χ3v) is 2.34. The van der Waals surface area contributed by atoms with Gasteiger partial charge >= 0.3 is 6.09 Å². The van der Waals surface area contributed by atoms with Crippen molar-refractivity contribution in [1.29, 1.82) is 0 Å². The molecule has 1 aromatic rings. The van der Waals surface area contributed by atoms with Gasteiger partial charge < -0.3 is 10.5 Å². The van der Waals surface area contributed by atoms with E-state index in [0.29, 0.717) is 25.3 Å². The van der Waals surface area contributed by atoms with Gasteiger partial charge in [0.15, 0.2) is 5.82 Å². The van der Waals surface area contributed by atoms with Crippen LogP contribution < -0.4 is 10.6 Å². The molecule has 0 aliphatic carbocycles. The van der Waals surface area contributed by atoms with Crippen LogP contribution in [0.4, 0.5) is 10.6 Å². The van der Waals surface area contributed by atoms with Crippen LogP contribution in [0.2, 0.25) is 0 Å². The van der Waals surface area contributed by atoms with Crippen LogP contribution in [-0.4, -0.2) is 35.1 Å². The maximum atomic E-state index is 11.5. The molecule has 1 aliphatic heterocycles. The van der Waals surface area contributed by atoms with Gasteiger partial charge in [-0.1, -0.05) is 0 Å². The number of rotatable bonds is 3. The fourth-order valence-corrected chi connectivity index (χ4v) is 1.59. The smallest absolute Gasteiger partial charge is 0.416 e. The van der Waals surface area contributed by atoms with Crippen LogP contribution in [0.25, 0.3) is 0 Å². The Labute approximate surface area is 87.6 Å². The van der Waals surface area contributed by atoms with Gasteiger partial charge in [-0.05, 0) is 13.0 Å². The summed E-state index contributed by atoms with van der Waals surface area (Å²) >= 11 is 0. The van der Waals surface area contributed by atoms with Gasteiger partial charge in [0.05, 0.1) is 6.54 Å². The molecule has 1 amide bonds. The molecule has 1 unspecified atom stereocenters. The van der Waals surface area contributed by atoms with Gasteiger partial charge in [0.25, 0.3) is 0 Å². The Kier molecular flexibility index (Phi) is 2.59. The molecule has 1 aliphatic rings. The van der Waals surface area contributed by atoms with E-state index >= 15 is 0 Å². The Hall–Kier alpha value is -1.56. The number of carbonyl (C=O) groups excluding carboxylic acids is 1. The number of amides is 1. The SMILES string of the molecule is Cn1ccc(N2CC(CCN)OC2=O)n1. The van der Waals surface area contributed by atoms with E-state index in [1.165, 1.54) is 4.90 Å². The van der Waals surface area contributed by atoms with Gasteiger partial charge in [0.2, 0.25) is 0 Å². The zero-order valence-corrected chi connectivity index (χ0v) is 8.59. The van der Waals surface area contributed by atoms with E-state index < -0.39 is 0 Å². The summed E-state index contributed by atoms with van der Waals surface area (Å²) in [7, 11) is 1.81. The van der Waals surface area contributed by atoms with Gasteiger partial charge in [-0.25, -0.2) is 4.79 Å². The summed E-state index contributed by atoms with van der Waals surface area (Å²) in [6.07, 6.45) is 2.03. The van der Waals surface area contributed by atoms with Gasteiger partial charge in [-0.3, -0.25) is 9.58 Å². The summed E-state index contributed by atoms with van der Waals surface area (Å²) in [5, 5.41) is 4.15. The molecule has 6 heteroatoms. The van der Waals surface area contributed by atoms with Crippen LogP contribution >= 0.6 is 0 Å². The Morgan fingerprint density at radius 3 is 3.13 bits per heavy atom. The molecule has 6 nitrogen and oxygen atoms in total. The molecular weight excluding hydrogens is 196 g/mol. The van der Waals surface area contributed by atoms with Gasteiger partial charge in [-0.2, -0.15) is 5.10 Å². The number of nitrogens with zero attached hydrogens (tertiary/aromatic N) is 3. The highest BCUT2D eigenvalue weighted by Crippen LogP contribution is 2.20. The zero-order chi connectivity index (χ0) is 10.8. The number of carbonyl (C=O) groups is 1. The van der Waals surface area contributed by atoms with Crippen molar-refractivity contribution < 1.29 is 9.53 Å². The molecule has 1 atom stereocenters. The predicted molar refractivity (Wildman–Crippen MR) is 54.5 cm³/mol. The molecule has 0 spiro atoms. The van der Waals surface area contributed by atoms with Gasteiger partial charge in [0, 0.05) is 19.3 Å². The Balaban J connectivity index is 2.08. The van der Waals surface area contributed by atoms with E-state index in [9.17, 15) is 4.79 Å². The molecule has 2 N–H and O–H groups in total. The summed E-state index contributed by atoms with van der Waals surface area (Å²) < 4.78 is 6.79. The number of nitrogens with two attached hydrogens (primary N) is 1. The van der Waals surface area contributed by atoms with Crippen LogP contribution in [0.1, 0.15) is 6.42 Å². The molecule has 82 valence electrons. The second-order valence-corrected chi connectivity index (χ2v) is 3.54. The summed E-state index contributed by atoms with van der Waals surface area (Å²) in [4.78, 5) is 13.0. The summed E-state index contributed by atoms with van der Waals surface area (Å²) in [6.45, 7) is 1.06. The molecule has 1 aromatic heterocycles. The highest BCUT2D eigenvalue weighted by Gasteiger charge is 2.32. The molecule has 15 heavy (non-hydrogen) atoms. The van der Waals surface area contributed by atoms with E-state index in [2.05, 4.69) is 5.10 Å². The van der Waals surface area contributed by atoms with Crippen molar-refractivity contribution in [1.82, 2.24) is 9.78 Å². The van der Waals surface area contributed by atoms with E-state index in [1.54, 1.807) is 16.9 Å². The second-order valence-electron chi connectivity index (χ2n) is 3.54. The molecule has 0 saturated carbocycles. The number of aromatic nitrogens is 2. The summed E-state index contributed by atoms with van der Waals surface area (Å²) in [5.74, 6) is 0.627. The van der Waals surface area contributed by atoms with Crippen LogP contribution in [0.3, 0.4) is 0 Å². The van der Waals surface area contributed by atoms with E-state index in [4.69, 9.17) is 10.5 Å². The van der Waals surface area contributed by atoms with Crippen molar-refractivity contribution in [2.75, 3.05) is 18.0 Å². The average Bonchev–Trinajstić information content (AvgIpc) is 2.73. The number of hydrogen-bond acceptors (Lipinski definition) is 4. The Morgan fingerprint density at radius 2 is 2.53 bits per heavy atom. The molecule has 2 rings (SSSR count). The summed E-state index contributed by atoms with van der Waals surface area (Å²) in [6, 6.07) is 1.78. The van der Waals surface area contributed by atoms with Crippen molar-refractivity contribution in [3.8, 4) is 0 Å². The number of aryl methyl sites for hydroxylation is 1. The minimum Gasteiger partial charge on any atom is -0.444 e. The minimum atomic E-state index is -0.341. The van der Waals surface area contributed by atoms with Crippen LogP contribution in [0.15, 0.2) is 12.3 Å². The third-order valence-electron chi connectivity index (χ3n) is 2.34. The molecule has 1 saturated heterocycles. The van der Waals surface area contributed by atoms with Crippen molar-refractivity contribution in [3.05, 3.63) is 12.3 Å². The molecule has 0 aromatic carbocycles. The Morgan fingerprint density at radius 1 is 1.73 bits per heavy atom. The average molecular weight is 210 g/mol. The quantitative estimate of drug-likeness (QED) is 0.767. The van der Waals surface area contributed by atoms with Crippen LogP contribution in [0, 0.1) is 0 Å². The first-order valence-electron chi connectivity index (χ1n) is 4.88. The Bertz CT molecular complexity index is 363. The first-order chi connectivity index (χ1) is 7.20. The van der Waals surface area contributed by atoms with Gasteiger partial charge in [0.1, 0.15) is 6.10 Å². The molecular formula is C9H14N4O2. The topological polar surface area (TPSA) is 73.4 Å². The molecule has 0 radical (unpaired) electrons. The maximum Gasteiger partial charge on any atom is 0.416 e. The fourth-order valence-electron chi connectivity index (χ4n) is 1.59. The fraction of sp³-hybridized carbons (Fsp3) is 0.556. The second kappa shape index (κ2) is 3.90. The van der Waals surface area contributed by atoms with Crippen molar-refractivity contribution in [2.24, 2.45) is 12.8 Å². The molecule has 0 bridgehead atoms. The number of cyclic esters (lactones) is 1. The van der Waals surface area contributed by atoms with Crippen molar-refractivity contribution in [3.63, 3.8) is 0 Å². The summed E-state index contributed by atoms with van der Waals surface area (Å²) in [5.41, 5.74) is 5.41. The lowest BCUT2D eigenvalue weighted by atomic mass is 10.2. The predicted octanol–water partition coefficient (Wildman–Crippen LogP) is 0.0941. The normalized spacial score (nSPS) is 20.8. The lowest BCUT2D eigenvalue weighted by Gasteiger charge is -2.08. The lowest BCUT2D eigenvalue weighted by molar-refractivity contribution is 0.138. The monoisotopic (exact) mass is 210 g/mol. The standard InChI is InChI=1S/C9H14N4O2/c1-12-5-3-8(11-12)13-6-7(2-4-10)15-9(13)14/h3,5,7H,2,4,6,10H2,1H3. The maximum absolute atomic E-state index is 11.5. The van der Waals surface area contributed by atoms with E-state index in [0.717, 1.165) is 0 Å². The van der Waals surface area contributed by atoms with E-state index in [1.807, 2.05) is 7.05 Å². The lowest BCUT2D eigenvalue weighted by Crippen LogP contribution is -2.25. The number of ether oxygens (including phenoxy) is 1. The van der Waals surface area contributed by atoms with Crippen LogP contribution in [0.5, 0.6) is 0 Å². The number of hydrogen-bond donors (Lipinski definition) is 1. The van der Waals surface area contributed by atoms with Crippen LogP contribution in [-0.2, 0) is 11.8 Å². The molecule has 1 fully saturated rings. The zero-order valence-electron chi connectivity index (χ0n) is 8.59. The molecule has 2 heterocycles. The number of anilines is 1.